The zero-order valence-corrected chi connectivity index (χ0v) is 19.5. The Balaban J connectivity index is 1.83. The molecule has 188 valence electrons. The summed E-state index contributed by atoms with van der Waals surface area (Å²) < 4.78 is 6.16. The van der Waals surface area contributed by atoms with Crippen LogP contribution in [-0.2, 0) is 16.1 Å². The van der Waals surface area contributed by atoms with Gasteiger partial charge in [0.2, 0.25) is 0 Å². The summed E-state index contributed by atoms with van der Waals surface area (Å²) in [6.45, 7) is 0.836. The number of ether oxygens (including phenoxy) is 1. The van der Waals surface area contributed by atoms with Crippen LogP contribution in [0.3, 0.4) is 0 Å². The summed E-state index contributed by atoms with van der Waals surface area (Å²) in [5, 5.41) is 13.9. The lowest BCUT2D eigenvalue weighted by Crippen LogP contribution is -2.42. The summed E-state index contributed by atoms with van der Waals surface area (Å²) in [6, 6.07) is 12.6. The first-order valence-corrected chi connectivity index (χ1v) is 10.8. The molecular formula is C23H24N6O7. The molecule has 0 unspecified atom stereocenters. The minimum Gasteiger partial charge on any atom is -0.452 e. The van der Waals surface area contributed by atoms with Gasteiger partial charge in [-0.05, 0) is 24.6 Å². The van der Waals surface area contributed by atoms with E-state index in [0.29, 0.717) is 0 Å². The Morgan fingerprint density at radius 3 is 2.50 bits per heavy atom. The van der Waals surface area contributed by atoms with Crippen LogP contribution in [0.1, 0.15) is 22.8 Å². The van der Waals surface area contributed by atoms with E-state index in [0.717, 1.165) is 21.1 Å². The van der Waals surface area contributed by atoms with Crippen LogP contribution in [0, 0.1) is 10.1 Å². The number of hydrogen-bond donors (Lipinski definition) is 3. The SMILES string of the molecule is CCN(C(=O)COC(=O)c1ccc(NC)c([N+](=O)[O-])c1)c1c(N)n(Cc2ccccc2)c(=O)[nH]c1=O. The first-order chi connectivity index (χ1) is 17.2. The van der Waals surface area contributed by atoms with Gasteiger partial charge in [-0.25, -0.2) is 9.59 Å². The number of nitro benzene ring substituents is 1. The third kappa shape index (κ3) is 5.41. The van der Waals surface area contributed by atoms with Crippen LogP contribution < -0.4 is 27.2 Å². The molecule has 0 fully saturated rings. The zero-order valence-electron chi connectivity index (χ0n) is 19.5. The molecule has 1 heterocycles. The van der Waals surface area contributed by atoms with E-state index in [1.807, 2.05) is 0 Å². The largest absolute Gasteiger partial charge is 0.452 e. The molecule has 0 saturated carbocycles. The molecule has 1 aromatic heterocycles. The fourth-order valence-corrected chi connectivity index (χ4v) is 3.53. The minimum absolute atomic E-state index is 0.0183. The second-order valence-corrected chi connectivity index (χ2v) is 7.52. The molecule has 0 bridgehead atoms. The van der Waals surface area contributed by atoms with Crippen LogP contribution in [0.5, 0.6) is 0 Å². The monoisotopic (exact) mass is 496 g/mol. The number of hydrogen-bond acceptors (Lipinski definition) is 9. The van der Waals surface area contributed by atoms with Crippen molar-refractivity contribution in [1.82, 2.24) is 9.55 Å². The third-order valence-electron chi connectivity index (χ3n) is 5.31. The number of nitrogens with two attached hydrogens (primary N) is 1. The van der Waals surface area contributed by atoms with Gasteiger partial charge in [0.25, 0.3) is 17.2 Å². The number of aromatic nitrogens is 2. The van der Waals surface area contributed by atoms with Crippen molar-refractivity contribution < 1.29 is 19.2 Å². The maximum Gasteiger partial charge on any atom is 0.338 e. The maximum absolute atomic E-state index is 12.9. The van der Waals surface area contributed by atoms with Gasteiger partial charge in [0.15, 0.2) is 12.3 Å². The quantitative estimate of drug-likeness (QED) is 0.223. The van der Waals surface area contributed by atoms with Gasteiger partial charge in [-0.3, -0.25) is 29.3 Å². The molecule has 0 aliphatic heterocycles. The molecule has 0 aliphatic rings. The molecular weight excluding hydrogens is 472 g/mol. The smallest absolute Gasteiger partial charge is 0.338 e. The number of amides is 1. The summed E-state index contributed by atoms with van der Waals surface area (Å²) in [7, 11) is 1.49. The molecule has 0 atom stereocenters. The first-order valence-electron chi connectivity index (χ1n) is 10.8. The fraction of sp³-hybridized carbons (Fsp3) is 0.217. The van der Waals surface area contributed by atoms with E-state index in [1.165, 1.54) is 19.2 Å². The van der Waals surface area contributed by atoms with E-state index in [2.05, 4.69) is 10.3 Å². The Labute approximate surface area is 204 Å². The molecule has 36 heavy (non-hydrogen) atoms. The van der Waals surface area contributed by atoms with E-state index in [1.54, 1.807) is 37.3 Å². The van der Waals surface area contributed by atoms with Gasteiger partial charge in [-0.15, -0.1) is 0 Å². The van der Waals surface area contributed by atoms with Crippen molar-refractivity contribution in [3.63, 3.8) is 0 Å². The Kier molecular flexibility index (Phi) is 7.84. The van der Waals surface area contributed by atoms with Crippen molar-refractivity contribution in [1.29, 1.82) is 0 Å². The Hall–Kier alpha value is -4.94. The van der Waals surface area contributed by atoms with Crippen LogP contribution in [0.15, 0.2) is 58.1 Å². The first kappa shape index (κ1) is 25.7. The number of rotatable bonds is 9. The molecule has 3 rings (SSSR count). The maximum atomic E-state index is 12.9. The zero-order chi connectivity index (χ0) is 26.4. The van der Waals surface area contributed by atoms with E-state index < -0.39 is 34.7 Å². The highest BCUT2D eigenvalue weighted by molar-refractivity contribution is 5.98. The number of nitrogens with zero attached hydrogens (tertiary/aromatic N) is 3. The summed E-state index contributed by atoms with van der Waals surface area (Å²) in [5.41, 5.74) is 4.73. The van der Waals surface area contributed by atoms with Crippen LogP contribution in [0.25, 0.3) is 0 Å². The number of aromatic amines is 1. The highest BCUT2D eigenvalue weighted by atomic mass is 16.6. The second-order valence-electron chi connectivity index (χ2n) is 7.52. The van der Waals surface area contributed by atoms with E-state index >= 15 is 0 Å². The average molecular weight is 496 g/mol. The molecule has 3 aromatic rings. The summed E-state index contributed by atoms with van der Waals surface area (Å²) in [5.74, 6) is -1.98. The normalized spacial score (nSPS) is 10.5. The number of nitrogens with one attached hydrogen (secondary N) is 2. The highest BCUT2D eigenvalue weighted by Gasteiger charge is 2.25. The predicted octanol–water partition coefficient (Wildman–Crippen LogP) is 1.33. The number of esters is 1. The van der Waals surface area contributed by atoms with Gasteiger partial charge < -0.3 is 20.7 Å². The van der Waals surface area contributed by atoms with Gasteiger partial charge in [-0.2, -0.15) is 0 Å². The Morgan fingerprint density at radius 1 is 1.19 bits per heavy atom. The molecule has 4 N–H and O–H groups in total. The topological polar surface area (TPSA) is 183 Å². The fourth-order valence-electron chi connectivity index (χ4n) is 3.53. The number of anilines is 3. The number of carbonyl (C=O) groups is 2. The second kappa shape index (κ2) is 11.0. The number of carbonyl (C=O) groups excluding carboxylic acids is 2. The van der Waals surface area contributed by atoms with E-state index in [4.69, 9.17) is 10.5 Å². The lowest BCUT2D eigenvalue weighted by atomic mass is 10.1. The average Bonchev–Trinajstić information content (AvgIpc) is 2.87. The van der Waals surface area contributed by atoms with Crippen molar-refractivity contribution >= 4 is 34.8 Å². The summed E-state index contributed by atoms with van der Waals surface area (Å²) >= 11 is 0. The van der Waals surface area contributed by atoms with E-state index in [-0.39, 0.29) is 41.5 Å². The van der Waals surface area contributed by atoms with Crippen LogP contribution in [0.2, 0.25) is 0 Å². The molecule has 1 amide bonds. The van der Waals surface area contributed by atoms with Gasteiger partial charge >= 0.3 is 11.7 Å². The van der Waals surface area contributed by atoms with Gasteiger partial charge in [0.1, 0.15) is 11.5 Å². The lowest BCUT2D eigenvalue weighted by molar-refractivity contribution is -0.384. The van der Waals surface area contributed by atoms with Gasteiger partial charge in [-0.1, -0.05) is 30.3 Å². The van der Waals surface area contributed by atoms with Crippen molar-refractivity contribution in [3.05, 3.63) is 90.6 Å². The van der Waals surface area contributed by atoms with Crippen molar-refractivity contribution in [2.75, 3.05) is 36.1 Å². The Morgan fingerprint density at radius 2 is 1.89 bits per heavy atom. The predicted molar refractivity (Wildman–Crippen MR) is 132 cm³/mol. The van der Waals surface area contributed by atoms with Crippen molar-refractivity contribution in [3.8, 4) is 0 Å². The summed E-state index contributed by atoms with van der Waals surface area (Å²) in [6.07, 6.45) is 0. The minimum atomic E-state index is -0.971. The Bertz CT molecular complexity index is 1410. The summed E-state index contributed by atoms with van der Waals surface area (Å²) in [4.78, 5) is 64.0. The van der Waals surface area contributed by atoms with Crippen LogP contribution in [0.4, 0.5) is 22.9 Å². The highest BCUT2D eigenvalue weighted by Crippen LogP contribution is 2.25. The molecule has 0 saturated heterocycles. The number of likely N-dealkylation sites (N-methyl/N-ethyl adjacent to an activating group) is 1. The molecule has 13 nitrogen and oxygen atoms in total. The molecule has 0 aliphatic carbocycles. The lowest BCUT2D eigenvalue weighted by Gasteiger charge is -2.23. The number of nitro groups is 1. The van der Waals surface area contributed by atoms with Crippen LogP contribution >= 0.6 is 0 Å². The number of nitrogen functional groups attached to an aromatic ring is 1. The van der Waals surface area contributed by atoms with Gasteiger partial charge in [0.05, 0.1) is 17.0 Å². The van der Waals surface area contributed by atoms with Crippen LogP contribution in [-0.4, -0.2) is 46.6 Å². The van der Waals surface area contributed by atoms with Gasteiger partial charge in [0, 0.05) is 19.7 Å². The standard InChI is InChI=1S/C23H24N6O7/c1-3-27(18(30)13-36-22(32)15-9-10-16(25-2)17(11-15)29(34)35)19-20(24)28(23(33)26-21(19)31)12-14-7-5-4-6-8-14/h4-11,25H,3,12-13,24H2,1-2H3,(H,26,31,33). The molecule has 2 aromatic carbocycles. The molecule has 13 heteroatoms. The number of H-pyrrole nitrogens is 1. The molecule has 0 radical (unpaired) electrons. The molecule has 0 spiro atoms. The van der Waals surface area contributed by atoms with E-state index in [9.17, 15) is 29.3 Å². The third-order valence-corrected chi connectivity index (χ3v) is 5.31. The van der Waals surface area contributed by atoms with Crippen molar-refractivity contribution in [2.45, 2.75) is 13.5 Å². The number of benzene rings is 2. The van der Waals surface area contributed by atoms with Crippen molar-refractivity contribution in [2.24, 2.45) is 0 Å².